The fourth-order valence-electron chi connectivity index (χ4n) is 1.36. The van der Waals surface area contributed by atoms with Gasteiger partial charge in [-0.05, 0) is 31.0 Å². The summed E-state index contributed by atoms with van der Waals surface area (Å²) in [6, 6.07) is 7.20. The van der Waals surface area contributed by atoms with Crippen molar-refractivity contribution < 1.29 is 9.53 Å². The van der Waals surface area contributed by atoms with Crippen LogP contribution in [0.15, 0.2) is 18.2 Å². The summed E-state index contributed by atoms with van der Waals surface area (Å²) >= 11 is 0. The first-order valence-corrected chi connectivity index (χ1v) is 5.11. The molecule has 16 heavy (non-hydrogen) atoms. The van der Waals surface area contributed by atoms with Crippen LogP contribution in [0.2, 0.25) is 0 Å². The molecule has 0 aliphatic carbocycles. The summed E-state index contributed by atoms with van der Waals surface area (Å²) in [6.45, 7) is 2.07. The molecule has 0 heterocycles. The molecule has 2 N–H and O–H groups in total. The Morgan fingerprint density at radius 1 is 1.56 bits per heavy atom. The number of hydrogen-bond acceptors (Lipinski definition) is 4. The van der Waals surface area contributed by atoms with Crippen LogP contribution < -0.4 is 5.73 Å². The zero-order valence-corrected chi connectivity index (χ0v) is 9.19. The third kappa shape index (κ3) is 2.99. The fourth-order valence-corrected chi connectivity index (χ4v) is 1.36. The molecule has 0 fully saturated rings. The summed E-state index contributed by atoms with van der Waals surface area (Å²) in [5.74, 6) is -0.410. The first-order valence-electron chi connectivity index (χ1n) is 5.11. The number of nitrogens with zero attached hydrogens (tertiary/aromatic N) is 1. The van der Waals surface area contributed by atoms with Crippen molar-refractivity contribution in [1.82, 2.24) is 0 Å². The second kappa shape index (κ2) is 5.76. The molecule has 0 saturated heterocycles. The summed E-state index contributed by atoms with van der Waals surface area (Å²) in [6.07, 6.45) is 1.09. The van der Waals surface area contributed by atoms with Crippen molar-refractivity contribution in [2.45, 2.75) is 19.8 Å². The van der Waals surface area contributed by atoms with E-state index >= 15 is 0 Å². The topological polar surface area (TPSA) is 76.1 Å². The van der Waals surface area contributed by atoms with E-state index in [0.717, 1.165) is 5.56 Å². The summed E-state index contributed by atoms with van der Waals surface area (Å²) in [5, 5.41) is 8.45. The van der Waals surface area contributed by atoms with E-state index in [-0.39, 0.29) is 0 Å². The van der Waals surface area contributed by atoms with Gasteiger partial charge in [0.15, 0.2) is 0 Å². The van der Waals surface area contributed by atoms with E-state index in [9.17, 15) is 4.79 Å². The van der Waals surface area contributed by atoms with Crippen LogP contribution in [0.3, 0.4) is 0 Å². The highest BCUT2D eigenvalue weighted by Gasteiger charge is 2.10. The van der Waals surface area contributed by atoms with Crippen LogP contribution in [-0.4, -0.2) is 12.6 Å². The Morgan fingerprint density at radius 2 is 2.31 bits per heavy atom. The van der Waals surface area contributed by atoms with Gasteiger partial charge in [0.25, 0.3) is 0 Å². The molecule has 0 bridgehead atoms. The van der Waals surface area contributed by atoms with Crippen LogP contribution in [0.25, 0.3) is 0 Å². The molecule has 0 aliphatic heterocycles. The van der Waals surface area contributed by atoms with Crippen LogP contribution in [0.5, 0.6) is 0 Å². The van der Waals surface area contributed by atoms with Gasteiger partial charge in [-0.25, -0.2) is 4.79 Å². The minimum Gasteiger partial charge on any atom is -0.462 e. The van der Waals surface area contributed by atoms with Crippen LogP contribution in [0.4, 0.5) is 5.69 Å². The van der Waals surface area contributed by atoms with Crippen molar-refractivity contribution in [2.75, 3.05) is 12.3 Å². The highest BCUT2D eigenvalue weighted by atomic mass is 16.5. The Bertz CT molecular complexity index is 422. The molecule has 1 aromatic carbocycles. The Kier molecular flexibility index (Phi) is 4.34. The lowest BCUT2D eigenvalue weighted by Gasteiger charge is -2.06. The zero-order chi connectivity index (χ0) is 12.0. The van der Waals surface area contributed by atoms with Crippen molar-refractivity contribution in [3.05, 3.63) is 29.3 Å². The zero-order valence-electron chi connectivity index (χ0n) is 9.19. The molecule has 0 unspecified atom stereocenters. The molecular weight excluding hydrogens is 204 g/mol. The number of hydrogen-bond donors (Lipinski definition) is 1. The minimum absolute atomic E-state index is 0.328. The quantitative estimate of drug-likeness (QED) is 0.618. The van der Waals surface area contributed by atoms with Gasteiger partial charge in [-0.2, -0.15) is 5.26 Å². The third-order valence-corrected chi connectivity index (χ3v) is 2.14. The lowest BCUT2D eigenvalue weighted by atomic mass is 10.1. The smallest absolute Gasteiger partial charge is 0.340 e. The molecule has 0 atom stereocenters. The highest BCUT2D eigenvalue weighted by molar-refractivity contribution is 5.95. The summed E-state index contributed by atoms with van der Waals surface area (Å²) in [4.78, 5) is 11.4. The van der Waals surface area contributed by atoms with Crippen LogP contribution in [0, 0.1) is 11.3 Å². The third-order valence-electron chi connectivity index (χ3n) is 2.14. The van der Waals surface area contributed by atoms with Gasteiger partial charge in [0, 0.05) is 12.1 Å². The number of esters is 1. The SMILES string of the molecule is CCOC(=O)c1ccc(CCC#N)cc1N. The van der Waals surface area contributed by atoms with Crippen molar-refractivity contribution >= 4 is 11.7 Å². The number of carbonyl (C=O) groups excluding carboxylic acids is 1. The Balaban J connectivity index is 2.83. The maximum atomic E-state index is 11.4. The number of benzene rings is 1. The van der Waals surface area contributed by atoms with E-state index in [1.54, 1.807) is 25.1 Å². The highest BCUT2D eigenvalue weighted by Crippen LogP contribution is 2.16. The van der Waals surface area contributed by atoms with E-state index in [4.69, 9.17) is 15.7 Å². The molecule has 4 heteroatoms. The second-order valence-corrected chi connectivity index (χ2v) is 3.30. The number of nitrogen functional groups attached to an aromatic ring is 1. The molecular formula is C12H14N2O2. The standard InChI is InChI=1S/C12H14N2O2/c1-2-16-12(15)10-6-5-9(4-3-7-13)8-11(10)14/h5-6,8H,2-4,14H2,1H3. The number of nitrogens with two attached hydrogens (primary N) is 1. The number of rotatable bonds is 4. The predicted octanol–water partition coefficient (Wildman–Crippen LogP) is 1.90. The molecule has 4 nitrogen and oxygen atoms in total. The van der Waals surface area contributed by atoms with E-state index in [1.165, 1.54) is 0 Å². The van der Waals surface area contributed by atoms with Crippen molar-refractivity contribution in [1.29, 1.82) is 5.26 Å². The van der Waals surface area contributed by atoms with Gasteiger partial charge in [-0.15, -0.1) is 0 Å². The van der Waals surface area contributed by atoms with Crippen molar-refractivity contribution in [3.8, 4) is 6.07 Å². The lowest BCUT2D eigenvalue weighted by molar-refractivity contribution is 0.0527. The average Bonchev–Trinajstić information content (AvgIpc) is 2.26. The summed E-state index contributed by atoms with van der Waals surface area (Å²) < 4.78 is 4.86. The van der Waals surface area contributed by atoms with Gasteiger partial charge in [-0.3, -0.25) is 0 Å². The number of carbonyl (C=O) groups is 1. The molecule has 0 saturated carbocycles. The Labute approximate surface area is 94.6 Å². The number of ether oxygens (including phenoxy) is 1. The normalized spacial score (nSPS) is 9.50. The Hall–Kier alpha value is -2.02. The van der Waals surface area contributed by atoms with E-state index < -0.39 is 5.97 Å². The van der Waals surface area contributed by atoms with Gasteiger partial charge in [0.2, 0.25) is 0 Å². The lowest BCUT2D eigenvalue weighted by Crippen LogP contribution is -2.08. The molecule has 0 radical (unpaired) electrons. The maximum absolute atomic E-state index is 11.4. The number of anilines is 1. The van der Waals surface area contributed by atoms with Gasteiger partial charge >= 0.3 is 5.97 Å². The van der Waals surface area contributed by atoms with E-state index in [1.807, 2.05) is 0 Å². The van der Waals surface area contributed by atoms with Gasteiger partial charge < -0.3 is 10.5 Å². The summed E-state index contributed by atoms with van der Waals surface area (Å²) in [5.41, 5.74) is 7.47. The molecule has 1 aromatic rings. The van der Waals surface area contributed by atoms with Crippen molar-refractivity contribution in [2.24, 2.45) is 0 Å². The minimum atomic E-state index is -0.410. The largest absolute Gasteiger partial charge is 0.462 e. The molecule has 0 aliphatic rings. The van der Waals surface area contributed by atoms with Gasteiger partial charge in [0.05, 0.1) is 18.2 Å². The fraction of sp³-hybridized carbons (Fsp3) is 0.333. The second-order valence-electron chi connectivity index (χ2n) is 3.30. The molecule has 84 valence electrons. The van der Waals surface area contributed by atoms with Crippen molar-refractivity contribution in [3.63, 3.8) is 0 Å². The molecule has 0 spiro atoms. The molecule has 1 rings (SSSR count). The van der Waals surface area contributed by atoms with Crippen LogP contribution >= 0.6 is 0 Å². The monoisotopic (exact) mass is 218 g/mol. The van der Waals surface area contributed by atoms with E-state index in [2.05, 4.69) is 6.07 Å². The van der Waals surface area contributed by atoms with Crippen LogP contribution in [0.1, 0.15) is 29.3 Å². The predicted molar refractivity (Wildman–Crippen MR) is 60.7 cm³/mol. The first kappa shape index (κ1) is 12.1. The molecule has 0 amide bonds. The first-order chi connectivity index (χ1) is 7.69. The molecule has 0 aromatic heterocycles. The number of aryl methyl sites for hydroxylation is 1. The summed E-state index contributed by atoms with van der Waals surface area (Å²) in [7, 11) is 0. The van der Waals surface area contributed by atoms with Gasteiger partial charge in [-0.1, -0.05) is 6.07 Å². The number of nitriles is 1. The maximum Gasteiger partial charge on any atom is 0.340 e. The van der Waals surface area contributed by atoms with E-state index in [0.29, 0.717) is 30.7 Å². The average molecular weight is 218 g/mol. The van der Waals surface area contributed by atoms with Crippen LogP contribution in [-0.2, 0) is 11.2 Å². The Morgan fingerprint density at radius 3 is 2.88 bits per heavy atom. The van der Waals surface area contributed by atoms with Gasteiger partial charge in [0.1, 0.15) is 0 Å².